The topological polar surface area (TPSA) is 72.9 Å². The number of amides is 2. The van der Waals surface area contributed by atoms with E-state index in [9.17, 15) is 14.4 Å². The van der Waals surface area contributed by atoms with Crippen molar-refractivity contribution in [2.45, 2.75) is 12.8 Å². The van der Waals surface area contributed by atoms with E-state index < -0.39 is 35.5 Å². The molecule has 2 aliphatic heterocycles. The lowest BCUT2D eigenvalue weighted by Gasteiger charge is -2.38. The average molecular weight is 500 g/mol. The second kappa shape index (κ2) is 8.35. The van der Waals surface area contributed by atoms with E-state index in [1.54, 1.807) is 31.4 Å². The van der Waals surface area contributed by atoms with E-state index in [1.807, 2.05) is 55.5 Å². The molecule has 1 fully saturated rings. The van der Waals surface area contributed by atoms with Crippen LogP contribution >= 0.6 is 11.6 Å². The van der Waals surface area contributed by atoms with Gasteiger partial charge in [0.2, 0.25) is 11.8 Å². The lowest BCUT2D eigenvalue weighted by Crippen LogP contribution is -2.42. The number of benzene rings is 3. The lowest BCUT2D eigenvalue weighted by atomic mass is 9.64. The molecule has 0 spiro atoms. The molecule has 6 rings (SSSR count). The number of carbonyl (C=O) groups is 3. The number of allylic oxidation sites excluding steroid dienone is 1. The summed E-state index contributed by atoms with van der Waals surface area (Å²) in [5.74, 6) is -3.21. The van der Waals surface area contributed by atoms with Gasteiger partial charge in [-0.25, -0.2) is 4.90 Å². The third-order valence-electron chi connectivity index (χ3n) is 7.34. The van der Waals surface area contributed by atoms with Crippen LogP contribution in [0.15, 0.2) is 72.8 Å². The number of halogens is 1. The molecule has 0 N–H and O–H groups in total. The van der Waals surface area contributed by atoms with E-state index >= 15 is 0 Å². The standard InChI is InChI=1S/C29H22ClNO5/c1-15-7-12-18-20-14-19(16-8-10-17(35-2)11-9-16)24-26(25(20)29(34)36-23(18)13-15)28(33)31(27(24)32)22-6-4-3-5-21(22)30/h3-14,19,24-26H,1-2H3/t19-,24-,25-,26-/m0/s1. The molecule has 0 unspecified atom stereocenters. The van der Waals surface area contributed by atoms with Crippen molar-refractivity contribution in [3.05, 3.63) is 94.5 Å². The van der Waals surface area contributed by atoms with E-state index in [0.29, 0.717) is 27.8 Å². The summed E-state index contributed by atoms with van der Waals surface area (Å²) in [5, 5.41) is 0.291. The average Bonchev–Trinajstić information content (AvgIpc) is 3.13. The van der Waals surface area contributed by atoms with Crippen molar-refractivity contribution in [1.29, 1.82) is 0 Å². The molecule has 7 heteroatoms. The fraction of sp³-hybridized carbons (Fsp3) is 0.207. The van der Waals surface area contributed by atoms with Crippen LogP contribution in [0.3, 0.4) is 0 Å². The number of aryl methyl sites for hydroxylation is 1. The van der Waals surface area contributed by atoms with Crippen LogP contribution in [0, 0.1) is 24.7 Å². The number of hydrogen-bond donors (Lipinski definition) is 0. The Morgan fingerprint density at radius 2 is 1.64 bits per heavy atom. The Bertz CT molecular complexity index is 1460. The van der Waals surface area contributed by atoms with Crippen LogP contribution in [-0.4, -0.2) is 24.9 Å². The van der Waals surface area contributed by atoms with Gasteiger partial charge in [-0.15, -0.1) is 0 Å². The van der Waals surface area contributed by atoms with Gasteiger partial charge in [0.1, 0.15) is 11.5 Å². The minimum Gasteiger partial charge on any atom is -0.497 e. The number of fused-ring (bicyclic) bond motifs is 5. The van der Waals surface area contributed by atoms with Gasteiger partial charge in [0, 0.05) is 11.5 Å². The molecule has 2 heterocycles. The van der Waals surface area contributed by atoms with Crippen LogP contribution in [0.2, 0.25) is 5.02 Å². The summed E-state index contributed by atoms with van der Waals surface area (Å²) in [7, 11) is 1.59. The maximum absolute atomic E-state index is 13.9. The third kappa shape index (κ3) is 3.28. The third-order valence-corrected chi connectivity index (χ3v) is 7.66. The first-order valence-electron chi connectivity index (χ1n) is 11.7. The first-order valence-corrected chi connectivity index (χ1v) is 12.1. The zero-order valence-electron chi connectivity index (χ0n) is 19.6. The van der Waals surface area contributed by atoms with E-state index in [2.05, 4.69) is 0 Å². The monoisotopic (exact) mass is 499 g/mol. The van der Waals surface area contributed by atoms with Crippen LogP contribution in [-0.2, 0) is 14.4 Å². The van der Waals surface area contributed by atoms with Crippen molar-refractivity contribution in [2.75, 3.05) is 12.0 Å². The van der Waals surface area contributed by atoms with Crippen molar-refractivity contribution in [2.24, 2.45) is 17.8 Å². The minimum atomic E-state index is -0.914. The first-order chi connectivity index (χ1) is 17.4. The van der Waals surface area contributed by atoms with Gasteiger partial charge in [0.15, 0.2) is 0 Å². The van der Waals surface area contributed by atoms with Crippen molar-refractivity contribution in [3.8, 4) is 11.5 Å². The smallest absolute Gasteiger partial charge is 0.319 e. The number of hydrogen-bond acceptors (Lipinski definition) is 5. The number of carbonyl (C=O) groups excluding carboxylic acids is 3. The quantitative estimate of drug-likeness (QED) is 0.282. The molecule has 0 saturated carbocycles. The number of anilines is 1. The lowest BCUT2D eigenvalue weighted by molar-refractivity contribution is -0.142. The van der Waals surface area contributed by atoms with Gasteiger partial charge in [-0.2, -0.15) is 0 Å². The highest BCUT2D eigenvalue weighted by Gasteiger charge is 2.60. The number of esters is 1. The summed E-state index contributed by atoms with van der Waals surface area (Å²) < 4.78 is 11.0. The maximum atomic E-state index is 13.9. The fourth-order valence-electron chi connectivity index (χ4n) is 5.69. The van der Waals surface area contributed by atoms with E-state index in [-0.39, 0.29) is 5.91 Å². The van der Waals surface area contributed by atoms with Gasteiger partial charge >= 0.3 is 5.97 Å². The molecule has 3 aliphatic rings. The maximum Gasteiger partial charge on any atom is 0.319 e. The Morgan fingerprint density at radius 3 is 2.36 bits per heavy atom. The molecule has 180 valence electrons. The fourth-order valence-corrected chi connectivity index (χ4v) is 5.91. The molecule has 0 bridgehead atoms. The summed E-state index contributed by atoms with van der Waals surface area (Å²) in [6.45, 7) is 1.92. The first kappa shape index (κ1) is 22.6. The minimum absolute atomic E-state index is 0.291. The summed E-state index contributed by atoms with van der Waals surface area (Å²) in [6, 6.07) is 19.9. The molecule has 0 aromatic heterocycles. The normalized spacial score (nSPS) is 24.5. The van der Waals surface area contributed by atoms with E-state index in [0.717, 1.165) is 21.6 Å². The van der Waals surface area contributed by atoms with Crippen LogP contribution in [0.25, 0.3) is 5.57 Å². The molecule has 3 aromatic carbocycles. The van der Waals surface area contributed by atoms with Crippen molar-refractivity contribution >= 4 is 40.6 Å². The number of para-hydroxylation sites is 1. The molecular weight excluding hydrogens is 478 g/mol. The van der Waals surface area contributed by atoms with E-state index in [4.69, 9.17) is 21.1 Å². The van der Waals surface area contributed by atoms with Gasteiger partial charge in [0.25, 0.3) is 0 Å². The zero-order chi connectivity index (χ0) is 25.1. The Balaban J connectivity index is 1.55. The number of ether oxygens (including phenoxy) is 2. The molecular formula is C29H22ClNO5. The highest BCUT2D eigenvalue weighted by Crippen LogP contribution is 2.55. The number of nitrogens with zero attached hydrogens (tertiary/aromatic N) is 1. The number of imide groups is 1. The SMILES string of the molecule is COc1ccc([C@@H]2C=C3c4ccc(C)cc4OC(=O)[C@@H]3[C@H]3C(=O)N(c4ccccc4Cl)C(=O)[C@H]32)cc1. The van der Waals surface area contributed by atoms with Crippen molar-refractivity contribution in [1.82, 2.24) is 0 Å². The molecule has 4 atom stereocenters. The van der Waals surface area contributed by atoms with Crippen LogP contribution < -0.4 is 14.4 Å². The summed E-state index contributed by atoms with van der Waals surface area (Å²) in [4.78, 5) is 42.3. The predicted molar refractivity (Wildman–Crippen MR) is 135 cm³/mol. The van der Waals surface area contributed by atoms with Crippen molar-refractivity contribution in [3.63, 3.8) is 0 Å². The molecule has 1 aliphatic carbocycles. The highest BCUT2D eigenvalue weighted by molar-refractivity contribution is 6.36. The van der Waals surface area contributed by atoms with Gasteiger partial charge in [0.05, 0.1) is 35.6 Å². The highest BCUT2D eigenvalue weighted by atomic mass is 35.5. The van der Waals surface area contributed by atoms with Gasteiger partial charge < -0.3 is 9.47 Å². The van der Waals surface area contributed by atoms with Crippen LogP contribution in [0.1, 0.15) is 22.6 Å². The number of methoxy groups -OCH3 is 1. The second-order valence-electron chi connectivity index (χ2n) is 9.33. The molecule has 36 heavy (non-hydrogen) atoms. The summed E-state index contributed by atoms with van der Waals surface area (Å²) in [6.07, 6.45) is 1.96. The van der Waals surface area contributed by atoms with Gasteiger partial charge in [-0.3, -0.25) is 14.4 Å². The Kier molecular flexibility index (Phi) is 5.23. The van der Waals surface area contributed by atoms with E-state index in [1.165, 1.54) is 0 Å². The molecule has 0 radical (unpaired) electrons. The molecule has 6 nitrogen and oxygen atoms in total. The Labute approximate surface area is 213 Å². The second-order valence-corrected chi connectivity index (χ2v) is 9.74. The largest absolute Gasteiger partial charge is 0.497 e. The van der Waals surface area contributed by atoms with Crippen LogP contribution in [0.5, 0.6) is 11.5 Å². The summed E-state index contributed by atoms with van der Waals surface area (Å²) in [5.41, 5.74) is 3.60. The number of rotatable bonds is 3. The van der Waals surface area contributed by atoms with Gasteiger partial charge in [-0.05, 0) is 54.0 Å². The Hall–Kier alpha value is -3.90. The zero-order valence-corrected chi connectivity index (χ0v) is 20.4. The molecule has 3 aromatic rings. The molecule has 2 amide bonds. The summed E-state index contributed by atoms with van der Waals surface area (Å²) >= 11 is 6.40. The van der Waals surface area contributed by atoms with Crippen LogP contribution in [0.4, 0.5) is 5.69 Å². The van der Waals surface area contributed by atoms with Crippen molar-refractivity contribution < 1.29 is 23.9 Å². The predicted octanol–water partition coefficient (Wildman–Crippen LogP) is 5.18. The Morgan fingerprint density at radius 1 is 0.917 bits per heavy atom. The van der Waals surface area contributed by atoms with Gasteiger partial charge in [-0.1, -0.05) is 54.1 Å². The molecule has 1 saturated heterocycles.